The van der Waals surface area contributed by atoms with Gasteiger partial charge in [-0.1, -0.05) is 7.43 Å². The molecule has 0 bridgehead atoms. The van der Waals surface area contributed by atoms with E-state index in [-0.39, 0.29) is 19.7 Å². The van der Waals surface area contributed by atoms with Crippen LogP contribution >= 0.6 is 0 Å². The number of rotatable bonds is 0. The molecule has 0 spiro atoms. The van der Waals surface area contributed by atoms with Gasteiger partial charge in [0.15, 0.2) is 0 Å². The number of hydrogen-bond acceptors (Lipinski definition) is 4. The van der Waals surface area contributed by atoms with Crippen LogP contribution in [0.3, 0.4) is 0 Å². The highest BCUT2D eigenvalue weighted by atomic mass is 16.2. The first-order valence-electron chi connectivity index (χ1n) is 0.816. The van der Waals surface area contributed by atoms with Crippen LogP contribution in [-0.2, 0) is 19.2 Å². The monoisotopic (exact) mass is 104 g/mol. The molecule has 0 rings (SSSR count). The second-order valence-electron chi connectivity index (χ2n) is 0.167. The van der Waals surface area contributed by atoms with Gasteiger partial charge in [-0.15, -0.1) is 0 Å². The molecule has 0 fully saturated rings. The third-order valence-electron chi connectivity index (χ3n) is 0. The minimum Gasteiger partial charge on any atom is -0.186 e. The molecular weight excluding hydrogens is 100 g/mol. The molecule has 0 atom stereocenters. The molecule has 0 aromatic heterocycles. The Hall–Kier alpha value is -1.24. The molecule has 0 aliphatic carbocycles. The zero-order chi connectivity index (χ0) is 5.41. The molecule has 0 unspecified atom stereocenters. The highest BCUT2D eigenvalue weighted by Crippen LogP contribution is 0.790. The second kappa shape index (κ2) is 117. The van der Waals surface area contributed by atoms with Crippen molar-refractivity contribution in [3.05, 3.63) is 0 Å². The van der Waals surface area contributed by atoms with Gasteiger partial charge in [0, 0.05) is 0 Å². The van der Waals surface area contributed by atoms with E-state index >= 15 is 0 Å². The van der Waals surface area contributed by atoms with E-state index in [2.05, 4.69) is 0 Å². The average Bonchev–Trinajstić information content (AvgIpc) is 1.39. The van der Waals surface area contributed by atoms with E-state index in [1.54, 1.807) is 0 Å². The van der Waals surface area contributed by atoms with Gasteiger partial charge < -0.3 is 0 Å². The Labute approximate surface area is 40.1 Å². The lowest BCUT2D eigenvalue weighted by molar-refractivity contribution is -0.193. The van der Waals surface area contributed by atoms with Gasteiger partial charge >= 0.3 is 12.3 Å². The number of carbonyl (C=O) groups excluding carboxylic acids is 4. The van der Waals surface area contributed by atoms with E-state index in [0.717, 1.165) is 0 Å². The van der Waals surface area contributed by atoms with Gasteiger partial charge in [-0.2, -0.15) is 19.2 Å². The molecular formula is C3H4O4. The molecule has 0 amide bonds. The predicted molar refractivity (Wildman–Crippen MR) is 16.7 cm³/mol. The molecule has 4 nitrogen and oxygen atoms in total. The van der Waals surface area contributed by atoms with Crippen LogP contribution in [0.1, 0.15) is 7.43 Å². The Morgan fingerprint density at radius 2 is 0.714 bits per heavy atom. The molecule has 7 heavy (non-hydrogen) atoms. The van der Waals surface area contributed by atoms with Gasteiger partial charge in [0.25, 0.3) is 0 Å². The Morgan fingerprint density at radius 3 is 0.714 bits per heavy atom. The van der Waals surface area contributed by atoms with Gasteiger partial charge in [-0.3, -0.25) is 0 Å². The average molecular weight is 104 g/mol. The zero-order valence-corrected chi connectivity index (χ0v) is 2.63. The van der Waals surface area contributed by atoms with E-state index in [4.69, 9.17) is 19.2 Å². The van der Waals surface area contributed by atoms with Crippen molar-refractivity contribution in [2.45, 2.75) is 7.43 Å². The van der Waals surface area contributed by atoms with Crippen LogP contribution in [0.5, 0.6) is 0 Å². The van der Waals surface area contributed by atoms with Crippen molar-refractivity contribution in [1.82, 2.24) is 0 Å². The molecule has 0 aliphatic heterocycles. The van der Waals surface area contributed by atoms with Gasteiger partial charge in [0.05, 0.1) is 0 Å². The normalized spacial score (nSPS) is 2.29. The molecule has 0 aliphatic rings. The van der Waals surface area contributed by atoms with Crippen molar-refractivity contribution in [1.29, 1.82) is 0 Å². The Bertz CT molecular complexity index is 60.9. The molecule has 4 heteroatoms. The van der Waals surface area contributed by atoms with E-state index in [1.165, 1.54) is 0 Å². The number of hydrogen-bond donors (Lipinski definition) is 0. The standard InChI is InChI=1S/2CO2.CH4/c2*2-1-3;/h;;1H4. The van der Waals surface area contributed by atoms with Crippen molar-refractivity contribution in [3.63, 3.8) is 0 Å². The van der Waals surface area contributed by atoms with Crippen molar-refractivity contribution in [2.75, 3.05) is 0 Å². The van der Waals surface area contributed by atoms with Crippen LogP contribution in [0, 0.1) is 0 Å². The molecule has 0 N–H and O–H groups in total. The first-order chi connectivity index (χ1) is 2.83. The van der Waals surface area contributed by atoms with Gasteiger partial charge in [-0.05, 0) is 0 Å². The lowest BCUT2D eigenvalue weighted by Crippen LogP contribution is -1.22. The highest BCUT2D eigenvalue weighted by Gasteiger charge is 1.13. The maximum Gasteiger partial charge on any atom is 0.373 e. The molecule has 40 valence electrons. The fraction of sp³-hybridized carbons (Fsp3) is 0.333. The zero-order valence-electron chi connectivity index (χ0n) is 2.63. The lowest BCUT2D eigenvalue weighted by atomic mass is 11.8. The van der Waals surface area contributed by atoms with E-state index in [9.17, 15) is 0 Å². The van der Waals surface area contributed by atoms with Crippen LogP contribution in [-0.4, -0.2) is 12.3 Å². The summed E-state index contributed by atoms with van der Waals surface area (Å²) in [6, 6.07) is 0. The molecule has 0 saturated carbocycles. The molecule has 0 aromatic rings. The summed E-state index contributed by atoms with van der Waals surface area (Å²) in [4.78, 5) is 32.5. The maximum atomic E-state index is 8.12. The quantitative estimate of drug-likeness (QED) is 0.414. The van der Waals surface area contributed by atoms with Crippen LogP contribution in [0.2, 0.25) is 0 Å². The van der Waals surface area contributed by atoms with E-state index < -0.39 is 0 Å². The third-order valence-corrected chi connectivity index (χ3v) is 0. The summed E-state index contributed by atoms with van der Waals surface area (Å²) in [6.07, 6.45) is 0.500. The maximum absolute atomic E-state index is 8.12. The molecule has 0 saturated heterocycles. The predicted octanol–water partition coefficient (Wildman–Crippen LogP) is -0.531. The lowest BCUT2D eigenvalue weighted by Gasteiger charge is -0.945. The summed E-state index contributed by atoms with van der Waals surface area (Å²) in [7, 11) is 0. The van der Waals surface area contributed by atoms with Gasteiger partial charge in [0.1, 0.15) is 0 Å². The summed E-state index contributed by atoms with van der Waals surface area (Å²) in [5.74, 6) is 0. The summed E-state index contributed by atoms with van der Waals surface area (Å²) < 4.78 is 0. The van der Waals surface area contributed by atoms with Crippen molar-refractivity contribution in [2.24, 2.45) is 0 Å². The van der Waals surface area contributed by atoms with Crippen molar-refractivity contribution >= 4 is 12.3 Å². The Morgan fingerprint density at radius 1 is 0.714 bits per heavy atom. The molecule has 0 heterocycles. The summed E-state index contributed by atoms with van der Waals surface area (Å²) in [6.45, 7) is 0. The smallest absolute Gasteiger partial charge is 0.186 e. The van der Waals surface area contributed by atoms with E-state index in [0.29, 0.717) is 0 Å². The van der Waals surface area contributed by atoms with E-state index in [1.807, 2.05) is 0 Å². The Kier molecular flexibility index (Phi) is 285. The summed E-state index contributed by atoms with van der Waals surface area (Å²) in [5.41, 5.74) is 0. The molecule has 0 radical (unpaired) electrons. The van der Waals surface area contributed by atoms with Gasteiger partial charge in [0.2, 0.25) is 0 Å². The third kappa shape index (κ3) is 23.6. The van der Waals surface area contributed by atoms with Crippen molar-refractivity contribution < 1.29 is 19.2 Å². The van der Waals surface area contributed by atoms with Crippen LogP contribution in [0.25, 0.3) is 0 Å². The topological polar surface area (TPSA) is 68.3 Å². The highest BCUT2D eigenvalue weighted by molar-refractivity contribution is 5.20. The molecule has 0 aromatic carbocycles. The SMILES string of the molecule is C.O=C=O.O=C=O. The largest absolute Gasteiger partial charge is 0.373 e. The minimum atomic E-state index is 0. The van der Waals surface area contributed by atoms with Gasteiger partial charge in [-0.25, -0.2) is 0 Å². The second-order valence-corrected chi connectivity index (χ2v) is 0.167. The summed E-state index contributed by atoms with van der Waals surface area (Å²) in [5, 5.41) is 0. The van der Waals surface area contributed by atoms with Crippen LogP contribution < -0.4 is 0 Å². The fourth-order valence-electron chi connectivity index (χ4n) is 0. The first-order valence-corrected chi connectivity index (χ1v) is 0.816. The fourth-order valence-corrected chi connectivity index (χ4v) is 0. The summed E-state index contributed by atoms with van der Waals surface area (Å²) >= 11 is 0. The van der Waals surface area contributed by atoms with Crippen LogP contribution in [0.15, 0.2) is 0 Å². The minimum absolute atomic E-state index is 0. The van der Waals surface area contributed by atoms with Crippen LogP contribution in [0.4, 0.5) is 0 Å². The first kappa shape index (κ1) is 17.1. The van der Waals surface area contributed by atoms with Crippen molar-refractivity contribution in [3.8, 4) is 0 Å². The Balaban J connectivity index is -0.0000000400.